The number of methoxy groups -OCH3 is 1. The van der Waals surface area contributed by atoms with Crippen LogP contribution in [-0.2, 0) is 9.53 Å². The van der Waals surface area contributed by atoms with E-state index < -0.39 is 5.60 Å². The van der Waals surface area contributed by atoms with Gasteiger partial charge in [-0.3, -0.25) is 4.79 Å². The van der Waals surface area contributed by atoms with Gasteiger partial charge in [-0.15, -0.1) is 0 Å². The van der Waals surface area contributed by atoms with Crippen molar-refractivity contribution in [3.63, 3.8) is 0 Å². The first-order valence-corrected chi connectivity index (χ1v) is 6.25. The topological polar surface area (TPSA) is 26.3 Å². The molecule has 2 aliphatic carbocycles. The molecule has 2 rings (SSSR count). The monoisotopic (exact) mass is 210 g/mol. The molecular weight excluding hydrogens is 188 g/mol. The largest absolute Gasteiger partial charge is 0.370 e. The van der Waals surface area contributed by atoms with Crippen LogP contribution in [0.15, 0.2) is 0 Å². The Morgan fingerprint density at radius 3 is 2.67 bits per heavy atom. The number of hydrogen-bond acceptors (Lipinski definition) is 2. The third-order valence-electron chi connectivity index (χ3n) is 4.03. The van der Waals surface area contributed by atoms with E-state index in [-0.39, 0.29) is 0 Å². The van der Waals surface area contributed by atoms with E-state index in [0.717, 1.165) is 25.7 Å². The minimum Gasteiger partial charge on any atom is -0.370 e. The summed E-state index contributed by atoms with van der Waals surface area (Å²) in [6, 6.07) is 0. The number of carbonyl (C=O) groups excluding carboxylic acids is 1. The number of rotatable bonds is 4. The fourth-order valence-electron chi connectivity index (χ4n) is 2.83. The SMILES string of the molecule is COC1(C(=O)CC2CC2)CCCC(C)C1. The first-order chi connectivity index (χ1) is 7.16. The third-order valence-corrected chi connectivity index (χ3v) is 4.03. The zero-order valence-corrected chi connectivity index (χ0v) is 9.92. The number of ketones is 1. The molecule has 0 bridgehead atoms. The summed E-state index contributed by atoms with van der Waals surface area (Å²) in [6.45, 7) is 2.23. The standard InChI is InChI=1S/C13H22O2/c1-10-4-3-7-13(9-10,15-2)12(14)8-11-5-6-11/h10-11H,3-9H2,1-2H3. The summed E-state index contributed by atoms with van der Waals surface area (Å²) >= 11 is 0. The van der Waals surface area contributed by atoms with Gasteiger partial charge in [0.15, 0.2) is 5.78 Å². The van der Waals surface area contributed by atoms with Gasteiger partial charge < -0.3 is 4.74 Å². The molecule has 0 heterocycles. The van der Waals surface area contributed by atoms with Gasteiger partial charge in [0.2, 0.25) is 0 Å². The van der Waals surface area contributed by atoms with Crippen LogP contribution in [0.3, 0.4) is 0 Å². The number of ether oxygens (including phenoxy) is 1. The minimum absolute atomic E-state index is 0.374. The Morgan fingerprint density at radius 2 is 2.13 bits per heavy atom. The maximum Gasteiger partial charge on any atom is 0.164 e. The van der Waals surface area contributed by atoms with Crippen molar-refractivity contribution in [2.45, 2.75) is 57.5 Å². The van der Waals surface area contributed by atoms with Gasteiger partial charge in [-0.1, -0.05) is 13.3 Å². The van der Waals surface area contributed by atoms with Crippen LogP contribution in [0.25, 0.3) is 0 Å². The molecule has 0 aromatic rings. The van der Waals surface area contributed by atoms with Gasteiger partial charge in [0.05, 0.1) is 0 Å². The third kappa shape index (κ3) is 2.41. The summed E-state index contributed by atoms with van der Waals surface area (Å²) in [5, 5.41) is 0. The summed E-state index contributed by atoms with van der Waals surface area (Å²) in [7, 11) is 1.71. The summed E-state index contributed by atoms with van der Waals surface area (Å²) in [5.74, 6) is 1.70. The van der Waals surface area contributed by atoms with Gasteiger partial charge in [-0.2, -0.15) is 0 Å². The van der Waals surface area contributed by atoms with E-state index in [4.69, 9.17) is 4.74 Å². The first-order valence-electron chi connectivity index (χ1n) is 6.25. The van der Waals surface area contributed by atoms with Crippen LogP contribution in [0, 0.1) is 11.8 Å². The molecule has 2 aliphatic rings. The van der Waals surface area contributed by atoms with Crippen LogP contribution in [0.2, 0.25) is 0 Å². The summed E-state index contributed by atoms with van der Waals surface area (Å²) < 4.78 is 5.59. The first kappa shape index (κ1) is 11.1. The summed E-state index contributed by atoms with van der Waals surface area (Å²) in [5.41, 5.74) is -0.416. The Kier molecular flexibility index (Phi) is 3.15. The quantitative estimate of drug-likeness (QED) is 0.713. The van der Waals surface area contributed by atoms with E-state index in [9.17, 15) is 4.79 Å². The zero-order chi connectivity index (χ0) is 10.9. The minimum atomic E-state index is -0.416. The average molecular weight is 210 g/mol. The van der Waals surface area contributed by atoms with Crippen LogP contribution < -0.4 is 0 Å². The normalized spacial score (nSPS) is 36.5. The van der Waals surface area contributed by atoms with Gasteiger partial charge in [0.1, 0.15) is 5.60 Å². The van der Waals surface area contributed by atoms with Crippen molar-refractivity contribution in [3.8, 4) is 0 Å². The molecule has 86 valence electrons. The van der Waals surface area contributed by atoms with E-state index in [2.05, 4.69) is 6.92 Å². The van der Waals surface area contributed by atoms with Crippen LogP contribution >= 0.6 is 0 Å². The lowest BCUT2D eigenvalue weighted by molar-refractivity contribution is -0.147. The Bertz CT molecular complexity index is 245. The van der Waals surface area contributed by atoms with E-state index >= 15 is 0 Å². The maximum atomic E-state index is 12.2. The lowest BCUT2D eigenvalue weighted by Crippen LogP contribution is -2.44. The molecule has 2 atom stereocenters. The molecule has 2 heteroatoms. The van der Waals surface area contributed by atoms with Gasteiger partial charge in [-0.25, -0.2) is 0 Å². The second kappa shape index (κ2) is 4.25. The smallest absolute Gasteiger partial charge is 0.164 e. The molecule has 0 aromatic heterocycles. The highest BCUT2D eigenvalue weighted by molar-refractivity contribution is 5.87. The van der Waals surface area contributed by atoms with E-state index in [1.54, 1.807) is 7.11 Å². The zero-order valence-electron chi connectivity index (χ0n) is 9.92. The predicted octanol–water partition coefficient (Wildman–Crippen LogP) is 2.95. The summed E-state index contributed by atoms with van der Waals surface area (Å²) in [6.07, 6.45) is 7.55. The van der Waals surface area contributed by atoms with Crippen molar-refractivity contribution in [1.82, 2.24) is 0 Å². The lowest BCUT2D eigenvalue weighted by Gasteiger charge is -2.37. The van der Waals surface area contributed by atoms with Crippen molar-refractivity contribution in [1.29, 1.82) is 0 Å². The van der Waals surface area contributed by atoms with Crippen molar-refractivity contribution < 1.29 is 9.53 Å². The van der Waals surface area contributed by atoms with E-state index in [0.29, 0.717) is 17.6 Å². The molecule has 2 fully saturated rings. The molecule has 0 radical (unpaired) electrons. The van der Waals surface area contributed by atoms with Crippen molar-refractivity contribution in [2.75, 3.05) is 7.11 Å². The fourth-order valence-corrected chi connectivity index (χ4v) is 2.83. The maximum absolute atomic E-state index is 12.2. The Labute approximate surface area is 92.4 Å². The molecule has 15 heavy (non-hydrogen) atoms. The second-order valence-electron chi connectivity index (χ2n) is 5.47. The number of hydrogen-bond donors (Lipinski definition) is 0. The van der Waals surface area contributed by atoms with Crippen LogP contribution in [-0.4, -0.2) is 18.5 Å². The van der Waals surface area contributed by atoms with Gasteiger partial charge in [0.25, 0.3) is 0 Å². The van der Waals surface area contributed by atoms with Gasteiger partial charge in [0, 0.05) is 13.5 Å². The van der Waals surface area contributed by atoms with Gasteiger partial charge >= 0.3 is 0 Å². The average Bonchev–Trinajstić information content (AvgIpc) is 3.01. The lowest BCUT2D eigenvalue weighted by atomic mass is 9.75. The fraction of sp³-hybridized carbons (Fsp3) is 0.923. The molecule has 2 nitrogen and oxygen atoms in total. The molecule has 0 saturated heterocycles. The van der Waals surface area contributed by atoms with Crippen molar-refractivity contribution in [2.24, 2.45) is 11.8 Å². The van der Waals surface area contributed by atoms with E-state index in [1.807, 2.05) is 0 Å². The molecule has 0 spiro atoms. The molecule has 0 aromatic carbocycles. The number of carbonyl (C=O) groups is 1. The molecule has 0 aliphatic heterocycles. The van der Waals surface area contributed by atoms with E-state index in [1.165, 1.54) is 19.3 Å². The molecule has 0 N–H and O–H groups in total. The Hall–Kier alpha value is -0.370. The highest BCUT2D eigenvalue weighted by Gasteiger charge is 2.43. The van der Waals surface area contributed by atoms with Crippen molar-refractivity contribution in [3.05, 3.63) is 0 Å². The Balaban J connectivity index is 2.01. The predicted molar refractivity (Wildman–Crippen MR) is 59.7 cm³/mol. The number of Topliss-reactive ketones (excluding diaryl/α,β-unsaturated/α-hetero) is 1. The van der Waals surface area contributed by atoms with Crippen LogP contribution in [0.4, 0.5) is 0 Å². The summed E-state index contributed by atoms with van der Waals surface area (Å²) in [4.78, 5) is 12.2. The molecule has 0 amide bonds. The highest BCUT2D eigenvalue weighted by atomic mass is 16.5. The van der Waals surface area contributed by atoms with Crippen LogP contribution in [0.1, 0.15) is 51.9 Å². The molecule has 2 unspecified atom stereocenters. The van der Waals surface area contributed by atoms with Gasteiger partial charge in [-0.05, 0) is 43.9 Å². The van der Waals surface area contributed by atoms with Crippen molar-refractivity contribution >= 4 is 5.78 Å². The highest BCUT2D eigenvalue weighted by Crippen LogP contribution is 2.40. The molecular formula is C13H22O2. The Morgan fingerprint density at radius 1 is 1.40 bits per heavy atom. The molecule has 2 saturated carbocycles. The van der Waals surface area contributed by atoms with Crippen LogP contribution in [0.5, 0.6) is 0 Å². The second-order valence-corrected chi connectivity index (χ2v) is 5.47.